The van der Waals surface area contributed by atoms with Gasteiger partial charge in [0.1, 0.15) is 24.7 Å². The maximum Gasteiger partial charge on any atom is 0.302 e. The molecular weight excluding hydrogens is 366 g/mol. The van der Waals surface area contributed by atoms with Crippen LogP contribution in [0, 0.1) is 0 Å². The van der Waals surface area contributed by atoms with Crippen LogP contribution in [0.4, 0.5) is 0 Å². The number of aldehydes is 1. The van der Waals surface area contributed by atoms with Crippen LogP contribution in [0.2, 0.25) is 0 Å². The third kappa shape index (κ3) is 5.67. The Balaban J connectivity index is 2.47. The van der Waals surface area contributed by atoms with Crippen LogP contribution in [-0.4, -0.2) is 29.0 Å². The van der Waals surface area contributed by atoms with Crippen LogP contribution >= 0.6 is 0 Å². The number of hydrogen-bond acceptors (Lipinski definition) is 4. The molecule has 0 radical (unpaired) electrons. The van der Waals surface area contributed by atoms with Gasteiger partial charge < -0.3 is 18.8 Å². The Morgan fingerprint density at radius 2 is 2.07 bits per heavy atom. The van der Waals surface area contributed by atoms with Crippen LogP contribution in [0.15, 0.2) is 42.7 Å². The first-order valence-corrected chi connectivity index (χ1v) is 10.0. The van der Waals surface area contributed by atoms with Gasteiger partial charge in [0.05, 0.1) is 0 Å². The van der Waals surface area contributed by atoms with Gasteiger partial charge in [-0.1, -0.05) is 37.0 Å². The minimum atomic E-state index is -0.610. The zero-order valence-corrected chi connectivity index (χ0v) is 17.8. The van der Waals surface area contributed by atoms with Crippen molar-refractivity contribution in [1.29, 1.82) is 0 Å². The van der Waals surface area contributed by atoms with E-state index in [4.69, 9.17) is 9.47 Å². The molecule has 1 aromatic rings. The van der Waals surface area contributed by atoms with Crippen molar-refractivity contribution in [3.05, 3.63) is 59.5 Å². The number of ether oxygens (including phenoxy) is 2. The fourth-order valence-corrected chi connectivity index (χ4v) is 3.75. The average Bonchev–Trinajstić information content (AvgIpc) is 3.04. The highest BCUT2D eigenvalue weighted by Crippen LogP contribution is 2.34. The molecule has 1 aliphatic rings. The molecule has 5 nitrogen and oxygen atoms in total. The smallest absolute Gasteiger partial charge is 0.302 e. The molecule has 29 heavy (non-hydrogen) atoms. The standard InChI is InChI=1S/C24H31NO4/c1-6-10-18(8-3)12-19-15-25(23(9-4)22(19)11-7-2)24-14-20(28-17(5)27)13-21(16-26)29-24/h6-11,15-16,20-21,24H,4,12-14H2,1-3,5H3/b10-6-,11-7-,18-8+. The fourth-order valence-electron chi connectivity index (χ4n) is 3.75. The van der Waals surface area contributed by atoms with Crippen molar-refractivity contribution in [2.75, 3.05) is 0 Å². The first-order valence-electron chi connectivity index (χ1n) is 10.0. The third-order valence-electron chi connectivity index (χ3n) is 4.95. The summed E-state index contributed by atoms with van der Waals surface area (Å²) in [6, 6.07) is 0. The first-order chi connectivity index (χ1) is 14.0. The van der Waals surface area contributed by atoms with Crippen molar-refractivity contribution in [2.24, 2.45) is 0 Å². The minimum Gasteiger partial charge on any atom is -0.462 e. The molecule has 5 heteroatoms. The predicted molar refractivity (Wildman–Crippen MR) is 116 cm³/mol. The molecule has 2 heterocycles. The maximum atomic E-state index is 11.4. The van der Waals surface area contributed by atoms with Gasteiger partial charge >= 0.3 is 5.97 Å². The first kappa shape index (κ1) is 22.6. The van der Waals surface area contributed by atoms with Crippen LogP contribution in [0.5, 0.6) is 0 Å². The fraction of sp³-hybridized carbons (Fsp3) is 0.417. The Bertz CT molecular complexity index is 828. The molecular formula is C24H31NO4. The molecule has 1 aliphatic heterocycles. The molecule has 3 unspecified atom stereocenters. The zero-order valence-electron chi connectivity index (χ0n) is 17.8. The molecule has 156 valence electrons. The van der Waals surface area contributed by atoms with Crippen molar-refractivity contribution in [2.45, 2.75) is 65.4 Å². The molecule has 0 spiro atoms. The SMILES string of the molecule is C=Cc1c(/C=C\C)c(CC(/C=C\C)=C/C)cn1C1CC(OC(C)=O)CC(C=O)O1. The van der Waals surface area contributed by atoms with Gasteiger partial charge in [0.2, 0.25) is 0 Å². The molecule has 0 N–H and O–H groups in total. The van der Waals surface area contributed by atoms with Gasteiger partial charge in [0.15, 0.2) is 0 Å². The van der Waals surface area contributed by atoms with E-state index in [0.29, 0.717) is 12.8 Å². The van der Waals surface area contributed by atoms with Crippen molar-refractivity contribution in [3.63, 3.8) is 0 Å². The number of nitrogens with zero attached hydrogens (tertiary/aromatic N) is 1. The molecule has 0 aliphatic carbocycles. The highest BCUT2D eigenvalue weighted by molar-refractivity contribution is 5.67. The highest BCUT2D eigenvalue weighted by Gasteiger charge is 2.33. The Labute approximate surface area is 173 Å². The lowest BCUT2D eigenvalue weighted by molar-refractivity contribution is -0.169. The number of carbonyl (C=O) groups is 2. The lowest BCUT2D eigenvalue weighted by Gasteiger charge is -2.34. The van der Waals surface area contributed by atoms with E-state index in [1.807, 2.05) is 37.5 Å². The Morgan fingerprint density at radius 1 is 1.31 bits per heavy atom. The summed E-state index contributed by atoms with van der Waals surface area (Å²) in [6.07, 6.45) is 15.2. The van der Waals surface area contributed by atoms with E-state index in [1.54, 1.807) is 6.08 Å². The van der Waals surface area contributed by atoms with E-state index in [-0.39, 0.29) is 12.1 Å². The zero-order chi connectivity index (χ0) is 21.4. The number of esters is 1. The van der Waals surface area contributed by atoms with Crippen LogP contribution < -0.4 is 0 Å². The summed E-state index contributed by atoms with van der Waals surface area (Å²) in [5, 5.41) is 0. The summed E-state index contributed by atoms with van der Waals surface area (Å²) in [6.45, 7) is 11.4. The monoisotopic (exact) mass is 397 g/mol. The van der Waals surface area contributed by atoms with Gasteiger partial charge in [-0.3, -0.25) is 4.79 Å². The van der Waals surface area contributed by atoms with Crippen LogP contribution in [0.25, 0.3) is 12.2 Å². The van der Waals surface area contributed by atoms with Gasteiger partial charge in [0, 0.05) is 37.2 Å². The number of rotatable bonds is 8. The van der Waals surface area contributed by atoms with Crippen LogP contribution in [0.1, 0.15) is 63.6 Å². The molecule has 0 saturated carbocycles. The summed E-state index contributed by atoms with van der Waals surface area (Å²) < 4.78 is 13.4. The van der Waals surface area contributed by atoms with E-state index < -0.39 is 12.3 Å². The number of allylic oxidation sites excluding steroid dienone is 5. The van der Waals surface area contributed by atoms with E-state index in [2.05, 4.69) is 31.0 Å². The largest absolute Gasteiger partial charge is 0.462 e. The second-order valence-corrected chi connectivity index (χ2v) is 7.07. The van der Waals surface area contributed by atoms with E-state index in [1.165, 1.54) is 12.5 Å². The molecule has 0 aromatic carbocycles. The summed E-state index contributed by atoms with van der Waals surface area (Å²) in [7, 11) is 0. The van der Waals surface area contributed by atoms with Crippen molar-refractivity contribution < 1.29 is 19.1 Å². The quantitative estimate of drug-likeness (QED) is 0.350. The maximum absolute atomic E-state index is 11.4. The lowest BCUT2D eigenvalue weighted by atomic mass is 10.0. The van der Waals surface area contributed by atoms with Gasteiger partial charge in [-0.05, 0) is 44.4 Å². The topological polar surface area (TPSA) is 57.5 Å². The van der Waals surface area contributed by atoms with Crippen LogP contribution in [-0.2, 0) is 25.5 Å². The Hall–Kier alpha value is -2.66. The van der Waals surface area contributed by atoms with Gasteiger partial charge in [0.25, 0.3) is 0 Å². The number of carbonyl (C=O) groups excluding carboxylic acids is 2. The molecule has 1 fully saturated rings. The Morgan fingerprint density at radius 3 is 2.62 bits per heavy atom. The summed E-state index contributed by atoms with van der Waals surface area (Å²) >= 11 is 0. The minimum absolute atomic E-state index is 0.351. The molecule has 0 amide bonds. The van der Waals surface area contributed by atoms with Gasteiger partial charge in [-0.15, -0.1) is 0 Å². The highest BCUT2D eigenvalue weighted by atomic mass is 16.6. The van der Waals surface area contributed by atoms with Crippen molar-refractivity contribution >= 4 is 24.4 Å². The second kappa shape index (κ2) is 10.8. The third-order valence-corrected chi connectivity index (χ3v) is 4.95. The second-order valence-electron chi connectivity index (χ2n) is 7.07. The van der Waals surface area contributed by atoms with Crippen LogP contribution in [0.3, 0.4) is 0 Å². The van der Waals surface area contributed by atoms with Crippen molar-refractivity contribution in [1.82, 2.24) is 4.57 Å². The molecule has 0 bridgehead atoms. The van der Waals surface area contributed by atoms with Gasteiger partial charge in [-0.2, -0.15) is 0 Å². The van der Waals surface area contributed by atoms with E-state index in [0.717, 1.165) is 29.5 Å². The molecule has 3 atom stereocenters. The molecule has 2 rings (SSSR count). The average molecular weight is 398 g/mol. The van der Waals surface area contributed by atoms with E-state index >= 15 is 0 Å². The summed E-state index contributed by atoms with van der Waals surface area (Å²) in [4.78, 5) is 22.9. The lowest BCUT2D eigenvalue weighted by Crippen LogP contribution is -2.37. The molecule has 1 saturated heterocycles. The van der Waals surface area contributed by atoms with E-state index in [9.17, 15) is 9.59 Å². The number of hydrogen-bond donors (Lipinski definition) is 0. The normalized spacial score (nSPS) is 22.9. The predicted octanol–water partition coefficient (Wildman–Crippen LogP) is 5.04. The summed E-state index contributed by atoms with van der Waals surface area (Å²) in [5.74, 6) is -0.351. The summed E-state index contributed by atoms with van der Waals surface area (Å²) in [5.41, 5.74) is 4.35. The van der Waals surface area contributed by atoms with Gasteiger partial charge in [-0.25, -0.2) is 0 Å². The number of aromatic nitrogens is 1. The Kier molecular flexibility index (Phi) is 8.40. The van der Waals surface area contributed by atoms with Crippen molar-refractivity contribution in [3.8, 4) is 0 Å². The molecule has 1 aromatic heterocycles.